The maximum atomic E-state index is 12.4. The van der Waals surface area contributed by atoms with Crippen molar-refractivity contribution in [2.75, 3.05) is 0 Å². The molecule has 2 aromatic carbocycles. The van der Waals surface area contributed by atoms with Gasteiger partial charge in [0, 0.05) is 6.42 Å². The predicted molar refractivity (Wildman–Crippen MR) is 95.8 cm³/mol. The summed E-state index contributed by atoms with van der Waals surface area (Å²) < 4.78 is 10.6. The Hall–Kier alpha value is -2.95. The Labute approximate surface area is 152 Å². The third-order valence-electron chi connectivity index (χ3n) is 3.99. The summed E-state index contributed by atoms with van der Waals surface area (Å²) in [7, 11) is 0. The second kappa shape index (κ2) is 10.1. The zero-order valence-corrected chi connectivity index (χ0v) is 14.7. The molecule has 136 valence electrons. The van der Waals surface area contributed by atoms with E-state index < -0.39 is 23.8 Å². The van der Waals surface area contributed by atoms with Crippen molar-refractivity contribution >= 4 is 18.2 Å². The molecule has 2 rings (SSSR count). The van der Waals surface area contributed by atoms with Gasteiger partial charge in [-0.3, -0.25) is 9.59 Å². The van der Waals surface area contributed by atoms with Gasteiger partial charge in [0.25, 0.3) is 0 Å². The van der Waals surface area contributed by atoms with Gasteiger partial charge >= 0.3 is 11.9 Å². The fourth-order valence-electron chi connectivity index (χ4n) is 2.49. The van der Waals surface area contributed by atoms with Gasteiger partial charge in [-0.05, 0) is 17.0 Å². The van der Waals surface area contributed by atoms with Crippen LogP contribution in [-0.2, 0) is 37.1 Å². The van der Waals surface area contributed by atoms with Crippen LogP contribution < -0.4 is 0 Å². The molecule has 0 unspecified atom stereocenters. The maximum absolute atomic E-state index is 12.4. The van der Waals surface area contributed by atoms with Crippen LogP contribution in [0.4, 0.5) is 0 Å². The molecule has 0 radical (unpaired) electrons. The number of hydrogen-bond donors (Lipinski definition) is 0. The van der Waals surface area contributed by atoms with Crippen molar-refractivity contribution in [3.63, 3.8) is 0 Å². The topological polar surface area (TPSA) is 69.7 Å². The smallest absolute Gasteiger partial charge is 0.320 e. The number of carbonyl (C=O) groups excluding carboxylic acids is 3. The lowest BCUT2D eigenvalue weighted by molar-refractivity contribution is -0.166. The van der Waals surface area contributed by atoms with Gasteiger partial charge in [-0.25, -0.2) is 0 Å². The Balaban J connectivity index is 2.00. The first-order valence-electron chi connectivity index (χ1n) is 8.46. The molecule has 0 N–H and O–H groups in total. The van der Waals surface area contributed by atoms with E-state index in [4.69, 9.17) is 9.47 Å². The first-order valence-corrected chi connectivity index (χ1v) is 8.46. The molecule has 0 bridgehead atoms. The third-order valence-corrected chi connectivity index (χ3v) is 3.99. The van der Waals surface area contributed by atoms with Crippen molar-refractivity contribution in [3.05, 3.63) is 71.8 Å². The molecular weight excluding hydrogens is 332 g/mol. The molecule has 0 aliphatic rings. The van der Waals surface area contributed by atoms with Gasteiger partial charge in [-0.2, -0.15) is 0 Å². The van der Waals surface area contributed by atoms with Crippen molar-refractivity contribution in [1.29, 1.82) is 0 Å². The number of rotatable bonds is 9. The fourth-order valence-corrected chi connectivity index (χ4v) is 2.49. The average molecular weight is 354 g/mol. The zero-order chi connectivity index (χ0) is 18.8. The molecule has 5 heteroatoms. The summed E-state index contributed by atoms with van der Waals surface area (Å²) in [6, 6.07) is 18.4. The average Bonchev–Trinajstić information content (AvgIpc) is 2.67. The number of benzene rings is 2. The number of esters is 2. The Bertz CT molecular complexity index is 656. The van der Waals surface area contributed by atoms with E-state index in [9.17, 15) is 14.4 Å². The van der Waals surface area contributed by atoms with Gasteiger partial charge in [0.2, 0.25) is 0 Å². The largest absolute Gasteiger partial charge is 0.460 e. The summed E-state index contributed by atoms with van der Waals surface area (Å²) in [4.78, 5) is 35.7. The van der Waals surface area contributed by atoms with Gasteiger partial charge in [-0.1, -0.05) is 67.6 Å². The van der Waals surface area contributed by atoms with Crippen LogP contribution in [-0.4, -0.2) is 18.2 Å². The lowest BCUT2D eigenvalue weighted by Crippen LogP contribution is -2.33. The van der Waals surface area contributed by atoms with Crippen LogP contribution in [0.3, 0.4) is 0 Å². The fraction of sp³-hybridized carbons (Fsp3) is 0.286. The lowest BCUT2D eigenvalue weighted by atomic mass is 9.91. The van der Waals surface area contributed by atoms with Crippen LogP contribution >= 0.6 is 0 Å². The highest BCUT2D eigenvalue weighted by Crippen LogP contribution is 2.20. The van der Waals surface area contributed by atoms with Crippen molar-refractivity contribution in [2.24, 2.45) is 11.8 Å². The van der Waals surface area contributed by atoms with E-state index in [0.717, 1.165) is 11.1 Å². The number of ether oxygens (including phenoxy) is 2. The molecule has 0 amide bonds. The van der Waals surface area contributed by atoms with Crippen LogP contribution in [0.1, 0.15) is 24.5 Å². The molecule has 0 aliphatic carbocycles. The molecule has 0 fully saturated rings. The van der Waals surface area contributed by atoms with Crippen LogP contribution in [0.2, 0.25) is 0 Å². The van der Waals surface area contributed by atoms with Crippen molar-refractivity contribution in [1.82, 2.24) is 0 Å². The van der Waals surface area contributed by atoms with Crippen LogP contribution in [0.25, 0.3) is 0 Å². The normalized spacial score (nSPS) is 11.6. The van der Waals surface area contributed by atoms with E-state index in [1.54, 1.807) is 6.92 Å². The Morgan fingerprint density at radius 3 is 1.65 bits per heavy atom. The Morgan fingerprint density at radius 2 is 1.27 bits per heavy atom. The second-order valence-electron chi connectivity index (χ2n) is 6.04. The summed E-state index contributed by atoms with van der Waals surface area (Å²) in [5.41, 5.74) is 1.64. The third kappa shape index (κ3) is 5.84. The van der Waals surface area contributed by atoms with Gasteiger partial charge < -0.3 is 14.3 Å². The summed E-state index contributed by atoms with van der Waals surface area (Å²) in [5.74, 6) is -2.99. The van der Waals surface area contributed by atoms with Gasteiger partial charge in [0.15, 0.2) is 5.92 Å². The highest BCUT2D eigenvalue weighted by Gasteiger charge is 2.35. The second-order valence-corrected chi connectivity index (χ2v) is 6.04. The van der Waals surface area contributed by atoms with E-state index in [1.807, 2.05) is 60.7 Å². The molecule has 0 aromatic heterocycles. The van der Waals surface area contributed by atoms with Crippen molar-refractivity contribution in [3.8, 4) is 0 Å². The van der Waals surface area contributed by atoms with Gasteiger partial charge in [0.1, 0.15) is 19.5 Å². The van der Waals surface area contributed by atoms with Crippen LogP contribution in [0.5, 0.6) is 0 Å². The highest BCUT2D eigenvalue weighted by molar-refractivity contribution is 5.95. The van der Waals surface area contributed by atoms with Crippen LogP contribution in [0, 0.1) is 11.8 Å². The van der Waals surface area contributed by atoms with E-state index in [1.165, 1.54) is 0 Å². The lowest BCUT2D eigenvalue weighted by Gasteiger charge is -2.20. The molecule has 0 saturated heterocycles. The monoisotopic (exact) mass is 354 g/mol. The molecule has 1 atom stereocenters. The van der Waals surface area contributed by atoms with E-state index >= 15 is 0 Å². The van der Waals surface area contributed by atoms with Gasteiger partial charge in [0.05, 0.1) is 0 Å². The molecule has 2 aromatic rings. The number of hydrogen-bond acceptors (Lipinski definition) is 5. The Kier molecular flexibility index (Phi) is 7.55. The SMILES string of the molecule is C[C@H](CC=O)C(C(=O)OCc1ccccc1)C(=O)OCc1ccccc1. The predicted octanol–water partition coefficient (Wildman–Crippen LogP) is 3.31. The number of carbonyl (C=O) groups is 3. The van der Waals surface area contributed by atoms with E-state index in [2.05, 4.69) is 0 Å². The standard InChI is InChI=1S/C21H22O5/c1-16(12-13-22)19(20(23)25-14-17-8-4-2-5-9-17)21(24)26-15-18-10-6-3-7-11-18/h2-11,13,16,19H,12,14-15H2,1H3/t16-/m1/s1. The Morgan fingerprint density at radius 1 is 0.846 bits per heavy atom. The molecule has 5 nitrogen and oxygen atoms in total. The molecule has 0 heterocycles. The van der Waals surface area contributed by atoms with Crippen molar-refractivity contribution in [2.45, 2.75) is 26.6 Å². The quantitative estimate of drug-likeness (QED) is 0.392. The summed E-state index contributed by atoms with van der Waals surface area (Å²) >= 11 is 0. The minimum absolute atomic E-state index is 0.0654. The van der Waals surface area contributed by atoms with Crippen molar-refractivity contribution < 1.29 is 23.9 Å². The van der Waals surface area contributed by atoms with E-state index in [-0.39, 0.29) is 19.6 Å². The summed E-state index contributed by atoms with van der Waals surface area (Å²) in [6.07, 6.45) is 0.762. The summed E-state index contributed by atoms with van der Waals surface area (Å²) in [5, 5.41) is 0. The first kappa shape index (κ1) is 19.4. The highest BCUT2D eigenvalue weighted by atomic mass is 16.6. The minimum atomic E-state index is -1.13. The van der Waals surface area contributed by atoms with Crippen LogP contribution in [0.15, 0.2) is 60.7 Å². The van der Waals surface area contributed by atoms with Gasteiger partial charge in [-0.15, -0.1) is 0 Å². The minimum Gasteiger partial charge on any atom is -0.460 e. The maximum Gasteiger partial charge on any atom is 0.320 e. The molecular formula is C21H22O5. The molecule has 0 saturated carbocycles. The molecule has 0 aliphatic heterocycles. The zero-order valence-electron chi connectivity index (χ0n) is 14.7. The number of aldehydes is 1. The first-order chi connectivity index (χ1) is 12.6. The molecule has 26 heavy (non-hydrogen) atoms. The van der Waals surface area contributed by atoms with E-state index in [0.29, 0.717) is 6.29 Å². The molecule has 0 spiro atoms. The summed E-state index contributed by atoms with van der Waals surface area (Å²) in [6.45, 7) is 1.79.